The highest BCUT2D eigenvalue weighted by Gasteiger charge is 2.35. The first-order valence-corrected chi connectivity index (χ1v) is 4.48. The average Bonchev–Trinajstić information content (AvgIpc) is 2.26. The Bertz CT molecular complexity index is 285. The van der Waals surface area contributed by atoms with Gasteiger partial charge in [0, 0.05) is 11.6 Å². The number of carbonyl (C=O) groups is 2. The Kier molecular flexibility index (Phi) is 2.55. The van der Waals surface area contributed by atoms with Crippen LogP contribution in [0.3, 0.4) is 0 Å². The molecular formula is C10H15NO2. The maximum atomic E-state index is 11.6. The van der Waals surface area contributed by atoms with Crippen molar-refractivity contribution in [1.29, 1.82) is 0 Å². The quantitative estimate of drug-likeness (QED) is 0.454. The van der Waals surface area contributed by atoms with Crippen LogP contribution in [0.15, 0.2) is 11.1 Å². The molecule has 0 saturated carbocycles. The molecular weight excluding hydrogens is 166 g/mol. The van der Waals surface area contributed by atoms with Gasteiger partial charge in [0.15, 0.2) is 0 Å². The molecule has 1 rings (SSSR count). The molecule has 0 radical (unpaired) electrons. The largest absolute Gasteiger partial charge is 0.276 e. The second kappa shape index (κ2) is 3.32. The third-order valence-electron chi connectivity index (χ3n) is 2.19. The third-order valence-corrected chi connectivity index (χ3v) is 2.19. The number of imide groups is 1. The Morgan fingerprint density at radius 1 is 1.31 bits per heavy atom. The first kappa shape index (κ1) is 9.96. The summed E-state index contributed by atoms with van der Waals surface area (Å²) in [5, 5.41) is 0. The predicted molar refractivity (Wildman–Crippen MR) is 50.0 cm³/mol. The van der Waals surface area contributed by atoms with Crippen LogP contribution in [-0.2, 0) is 9.59 Å². The number of rotatable bonds is 1. The molecule has 0 bridgehead atoms. The van der Waals surface area contributed by atoms with Crippen molar-refractivity contribution in [3.8, 4) is 0 Å². The van der Waals surface area contributed by atoms with Gasteiger partial charge in [-0.25, -0.2) is 0 Å². The van der Waals surface area contributed by atoms with E-state index in [-0.39, 0.29) is 24.3 Å². The molecule has 0 spiro atoms. The second-order valence-corrected chi connectivity index (χ2v) is 3.82. The minimum Gasteiger partial charge on any atom is -0.276 e. The fourth-order valence-electron chi connectivity index (χ4n) is 1.48. The number of nitrogens with zero attached hydrogens (tertiary/aromatic N) is 1. The van der Waals surface area contributed by atoms with E-state index in [0.29, 0.717) is 5.57 Å². The van der Waals surface area contributed by atoms with E-state index in [0.717, 1.165) is 5.57 Å². The smallest absolute Gasteiger partial charge is 0.257 e. The lowest BCUT2D eigenvalue weighted by atomic mass is 10.1. The number of amides is 2. The van der Waals surface area contributed by atoms with Crippen LogP contribution < -0.4 is 0 Å². The molecule has 0 N–H and O–H groups in total. The van der Waals surface area contributed by atoms with Gasteiger partial charge in [-0.05, 0) is 27.7 Å². The van der Waals surface area contributed by atoms with Gasteiger partial charge in [0.1, 0.15) is 0 Å². The number of hydrogen-bond donors (Lipinski definition) is 0. The van der Waals surface area contributed by atoms with Gasteiger partial charge in [-0.15, -0.1) is 0 Å². The first-order chi connectivity index (χ1) is 5.95. The molecule has 0 aromatic heterocycles. The zero-order valence-corrected chi connectivity index (χ0v) is 8.55. The van der Waals surface area contributed by atoms with E-state index >= 15 is 0 Å². The Morgan fingerprint density at radius 3 is 2.08 bits per heavy atom. The predicted octanol–water partition coefficient (Wildman–Crippen LogP) is 1.49. The van der Waals surface area contributed by atoms with E-state index in [1.165, 1.54) is 4.90 Å². The summed E-state index contributed by atoms with van der Waals surface area (Å²) >= 11 is 0. The molecule has 72 valence electrons. The molecule has 2 amide bonds. The Hall–Kier alpha value is -1.12. The van der Waals surface area contributed by atoms with Crippen LogP contribution in [0.2, 0.25) is 0 Å². The summed E-state index contributed by atoms with van der Waals surface area (Å²) in [4.78, 5) is 24.4. The van der Waals surface area contributed by atoms with Crippen molar-refractivity contribution < 1.29 is 9.59 Å². The van der Waals surface area contributed by atoms with E-state index in [2.05, 4.69) is 0 Å². The molecule has 0 aromatic rings. The van der Waals surface area contributed by atoms with E-state index in [4.69, 9.17) is 0 Å². The summed E-state index contributed by atoms with van der Waals surface area (Å²) in [6.45, 7) is 7.43. The van der Waals surface area contributed by atoms with Crippen molar-refractivity contribution in [2.45, 2.75) is 40.2 Å². The second-order valence-electron chi connectivity index (χ2n) is 3.82. The van der Waals surface area contributed by atoms with Crippen molar-refractivity contribution in [3.63, 3.8) is 0 Å². The molecule has 13 heavy (non-hydrogen) atoms. The van der Waals surface area contributed by atoms with E-state index < -0.39 is 0 Å². The lowest BCUT2D eigenvalue weighted by Gasteiger charge is -2.17. The number of hydrogen-bond acceptors (Lipinski definition) is 2. The van der Waals surface area contributed by atoms with Crippen LogP contribution in [0.1, 0.15) is 34.1 Å². The lowest BCUT2D eigenvalue weighted by molar-refractivity contribution is -0.139. The molecule has 1 aliphatic heterocycles. The van der Waals surface area contributed by atoms with E-state index in [1.54, 1.807) is 0 Å². The summed E-state index contributed by atoms with van der Waals surface area (Å²) in [5.74, 6) is -0.184. The fraction of sp³-hybridized carbons (Fsp3) is 0.600. The van der Waals surface area contributed by atoms with Gasteiger partial charge in [0.05, 0.1) is 6.42 Å². The lowest BCUT2D eigenvalue weighted by Crippen LogP contribution is -2.35. The van der Waals surface area contributed by atoms with Crippen LogP contribution in [0, 0.1) is 0 Å². The van der Waals surface area contributed by atoms with Crippen molar-refractivity contribution >= 4 is 11.8 Å². The van der Waals surface area contributed by atoms with Crippen LogP contribution in [-0.4, -0.2) is 22.8 Å². The summed E-state index contributed by atoms with van der Waals surface area (Å²) < 4.78 is 0. The zero-order chi connectivity index (χ0) is 10.2. The topological polar surface area (TPSA) is 37.4 Å². The number of carbonyl (C=O) groups excluding carboxylic acids is 2. The van der Waals surface area contributed by atoms with Gasteiger partial charge in [0.25, 0.3) is 5.91 Å². The van der Waals surface area contributed by atoms with Crippen molar-refractivity contribution in [2.75, 3.05) is 0 Å². The molecule has 0 unspecified atom stereocenters. The van der Waals surface area contributed by atoms with Gasteiger partial charge >= 0.3 is 0 Å². The van der Waals surface area contributed by atoms with Crippen molar-refractivity contribution in [3.05, 3.63) is 11.1 Å². The van der Waals surface area contributed by atoms with Gasteiger partial charge in [-0.3, -0.25) is 14.5 Å². The minimum absolute atomic E-state index is 0.0307. The fourth-order valence-corrected chi connectivity index (χ4v) is 1.48. The van der Waals surface area contributed by atoms with Crippen molar-refractivity contribution in [2.24, 2.45) is 0 Å². The monoisotopic (exact) mass is 181 g/mol. The summed E-state index contributed by atoms with van der Waals surface area (Å²) in [6, 6.07) is -0.0307. The van der Waals surface area contributed by atoms with E-state index in [9.17, 15) is 9.59 Å². The van der Waals surface area contributed by atoms with Crippen LogP contribution >= 0.6 is 0 Å². The molecule has 3 heteroatoms. The van der Waals surface area contributed by atoms with E-state index in [1.807, 2.05) is 27.7 Å². The summed E-state index contributed by atoms with van der Waals surface area (Å²) in [7, 11) is 0. The Balaban J connectivity index is 3.02. The molecule has 1 fully saturated rings. The zero-order valence-electron chi connectivity index (χ0n) is 8.55. The molecule has 1 heterocycles. The number of allylic oxidation sites excluding steroid dienone is 1. The highest BCUT2D eigenvalue weighted by molar-refractivity contribution is 6.13. The standard InChI is InChI=1S/C10H15NO2/c1-6(2)8-5-9(12)11(7(3)4)10(8)13/h7H,5H2,1-4H3. The van der Waals surface area contributed by atoms with Crippen molar-refractivity contribution in [1.82, 2.24) is 4.90 Å². The molecule has 3 nitrogen and oxygen atoms in total. The van der Waals surface area contributed by atoms with Gasteiger partial charge < -0.3 is 0 Å². The highest BCUT2D eigenvalue weighted by atomic mass is 16.2. The summed E-state index contributed by atoms with van der Waals surface area (Å²) in [6.07, 6.45) is 0.277. The summed E-state index contributed by atoms with van der Waals surface area (Å²) in [5.41, 5.74) is 1.61. The first-order valence-electron chi connectivity index (χ1n) is 4.48. The Morgan fingerprint density at radius 2 is 1.85 bits per heavy atom. The van der Waals surface area contributed by atoms with Crippen LogP contribution in [0.5, 0.6) is 0 Å². The van der Waals surface area contributed by atoms with Gasteiger partial charge in [-0.2, -0.15) is 0 Å². The number of likely N-dealkylation sites (tertiary alicyclic amines) is 1. The molecule has 0 atom stereocenters. The van der Waals surface area contributed by atoms with Gasteiger partial charge in [-0.1, -0.05) is 5.57 Å². The SMILES string of the molecule is CC(C)=C1CC(=O)N(C(C)C)C1=O. The molecule has 1 saturated heterocycles. The van der Waals surface area contributed by atoms with Gasteiger partial charge in [0.2, 0.25) is 5.91 Å². The van der Waals surface area contributed by atoms with Crippen LogP contribution in [0.25, 0.3) is 0 Å². The van der Waals surface area contributed by atoms with Crippen LogP contribution in [0.4, 0.5) is 0 Å². The normalized spacial score (nSPS) is 17.6. The highest BCUT2D eigenvalue weighted by Crippen LogP contribution is 2.23. The maximum absolute atomic E-state index is 11.6. The average molecular weight is 181 g/mol. The molecule has 0 aliphatic carbocycles. The maximum Gasteiger partial charge on any atom is 0.257 e. The third kappa shape index (κ3) is 1.64. The Labute approximate surface area is 78.4 Å². The molecule has 0 aromatic carbocycles. The minimum atomic E-state index is -0.111. The molecule has 1 aliphatic rings.